The Morgan fingerprint density at radius 3 is 3.07 bits per heavy atom. The number of terminal acetylenes is 1. The fraction of sp³-hybridized carbons (Fsp3) is 0.182. The van der Waals surface area contributed by atoms with Crippen LogP contribution in [-0.4, -0.2) is 9.78 Å². The summed E-state index contributed by atoms with van der Waals surface area (Å²) in [5, 5.41) is 9.40. The van der Waals surface area contributed by atoms with Crippen molar-refractivity contribution >= 4 is 27.3 Å². The van der Waals surface area contributed by atoms with E-state index < -0.39 is 0 Å². The van der Waals surface area contributed by atoms with E-state index in [1.165, 1.54) is 5.56 Å². The highest BCUT2D eigenvalue weighted by Gasteiger charge is 2.09. The quantitative estimate of drug-likeness (QED) is 0.624. The normalized spacial score (nSPS) is 10.1. The van der Waals surface area contributed by atoms with Crippen molar-refractivity contribution in [3.05, 3.63) is 28.6 Å². The highest BCUT2D eigenvalue weighted by atomic mass is 79.9. The molecule has 0 radical (unpaired) electrons. The van der Waals surface area contributed by atoms with E-state index in [1.54, 1.807) is 16.0 Å². The Kier molecular flexibility index (Phi) is 3.24. The Hall–Kier alpha value is -1.05. The van der Waals surface area contributed by atoms with Gasteiger partial charge in [-0.25, -0.2) is 0 Å². The molecule has 0 saturated heterocycles. The minimum Gasteiger partial charge on any atom is -0.260 e. The summed E-state index contributed by atoms with van der Waals surface area (Å²) in [5.41, 5.74) is 3.34. The number of halogens is 1. The predicted molar refractivity (Wildman–Crippen MR) is 67.0 cm³/mol. The summed E-state index contributed by atoms with van der Waals surface area (Å²) in [6.07, 6.45) is 7.25. The van der Waals surface area contributed by atoms with Crippen LogP contribution in [0.15, 0.2) is 23.0 Å². The first kappa shape index (κ1) is 10.5. The molecule has 0 atom stereocenters. The van der Waals surface area contributed by atoms with E-state index in [1.807, 2.05) is 11.6 Å². The number of hydrogen-bond acceptors (Lipinski definition) is 2. The Morgan fingerprint density at radius 2 is 2.47 bits per heavy atom. The maximum absolute atomic E-state index is 5.26. The molecule has 0 N–H and O–H groups in total. The average Bonchev–Trinajstić information content (AvgIpc) is 2.84. The summed E-state index contributed by atoms with van der Waals surface area (Å²) >= 11 is 5.13. The van der Waals surface area contributed by atoms with Crippen molar-refractivity contribution in [3.8, 4) is 23.6 Å². The molecule has 0 saturated carbocycles. The fourth-order valence-electron chi connectivity index (χ4n) is 1.38. The van der Waals surface area contributed by atoms with E-state index in [0.717, 1.165) is 16.6 Å². The maximum atomic E-state index is 5.26. The first-order chi connectivity index (χ1) is 7.35. The lowest BCUT2D eigenvalue weighted by Gasteiger charge is -1.93. The zero-order chi connectivity index (χ0) is 10.7. The van der Waals surface area contributed by atoms with E-state index in [0.29, 0.717) is 6.54 Å². The van der Waals surface area contributed by atoms with E-state index in [4.69, 9.17) is 6.42 Å². The van der Waals surface area contributed by atoms with Gasteiger partial charge < -0.3 is 0 Å². The molecule has 0 amide bonds. The molecule has 15 heavy (non-hydrogen) atoms. The van der Waals surface area contributed by atoms with Crippen LogP contribution in [0, 0.1) is 12.3 Å². The predicted octanol–water partition coefficient (Wildman–Crippen LogP) is 3.14. The molecule has 4 heteroatoms. The largest absolute Gasteiger partial charge is 0.260 e. The molecule has 0 fully saturated rings. The molecular weight excluding hydrogens is 272 g/mol. The van der Waals surface area contributed by atoms with Crippen molar-refractivity contribution in [2.24, 2.45) is 0 Å². The number of aromatic nitrogens is 2. The minimum absolute atomic E-state index is 0.518. The molecule has 2 nitrogen and oxygen atoms in total. The zero-order valence-electron chi connectivity index (χ0n) is 7.98. The number of hydrogen-bond donors (Lipinski definition) is 0. The highest BCUT2D eigenvalue weighted by Crippen LogP contribution is 2.25. The van der Waals surface area contributed by atoms with Gasteiger partial charge in [-0.15, -0.1) is 6.42 Å². The topological polar surface area (TPSA) is 17.8 Å². The van der Waals surface area contributed by atoms with Gasteiger partial charge in [0.15, 0.2) is 0 Å². The number of alkyl halides is 1. The molecule has 2 aromatic heterocycles. The van der Waals surface area contributed by atoms with Crippen molar-refractivity contribution in [2.75, 3.05) is 0 Å². The van der Waals surface area contributed by atoms with Gasteiger partial charge in [-0.2, -0.15) is 16.4 Å². The maximum Gasteiger partial charge on any atom is 0.101 e. The number of thiophene rings is 1. The summed E-state index contributed by atoms with van der Waals surface area (Å²) in [6.45, 7) is 0.518. The third-order valence-electron chi connectivity index (χ3n) is 2.03. The van der Waals surface area contributed by atoms with Gasteiger partial charge in [-0.05, 0) is 11.4 Å². The first-order valence-electron chi connectivity index (χ1n) is 4.43. The zero-order valence-corrected chi connectivity index (χ0v) is 10.4. The summed E-state index contributed by atoms with van der Waals surface area (Å²) in [5.74, 6) is 2.58. The van der Waals surface area contributed by atoms with E-state index in [9.17, 15) is 0 Å². The van der Waals surface area contributed by atoms with Gasteiger partial charge in [0.05, 0.1) is 5.69 Å². The molecule has 0 aromatic carbocycles. The van der Waals surface area contributed by atoms with Crippen LogP contribution in [0.3, 0.4) is 0 Å². The van der Waals surface area contributed by atoms with Crippen molar-refractivity contribution in [2.45, 2.75) is 11.9 Å². The van der Waals surface area contributed by atoms with Crippen LogP contribution in [0.25, 0.3) is 11.3 Å². The lowest BCUT2D eigenvalue weighted by molar-refractivity contribution is 0.718. The van der Waals surface area contributed by atoms with Crippen molar-refractivity contribution < 1.29 is 0 Å². The summed E-state index contributed by atoms with van der Waals surface area (Å²) in [4.78, 5) is 0. The number of rotatable bonds is 3. The Balaban J connectivity index is 2.42. The van der Waals surface area contributed by atoms with Crippen molar-refractivity contribution in [1.29, 1.82) is 0 Å². The van der Waals surface area contributed by atoms with E-state index >= 15 is 0 Å². The van der Waals surface area contributed by atoms with Crippen LogP contribution in [0.2, 0.25) is 0 Å². The molecule has 0 aliphatic heterocycles. The Morgan fingerprint density at radius 1 is 1.60 bits per heavy atom. The third-order valence-corrected chi connectivity index (χ3v) is 3.32. The second-order valence-electron chi connectivity index (χ2n) is 3.05. The van der Waals surface area contributed by atoms with Crippen LogP contribution >= 0.6 is 27.3 Å². The van der Waals surface area contributed by atoms with Crippen molar-refractivity contribution in [1.82, 2.24) is 9.78 Å². The summed E-state index contributed by atoms with van der Waals surface area (Å²) < 4.78 is 1.80. The molecule has 0 bridgehead atoms. The second kappa shape index (κ2) is 4.65. The van der Waals surface area contributed by atoms with Crippen molar-refractivity contribution in [3.63, 3.8) is 0 Å². The molecule has 2 aromatic rings. The van der Waals surface area contributed by atoms with E-state index in [-0.39, 0.29) is 0 Å². The molecule has 0 aliphatic rings. The van der Waals surface area contributed by atoms with Gasteiger partial charge in [0.1, 0.15) is 6.54 Å². The highest BCUT2D eigenvalue weighted by molar-refractivity contribution is 9.08. The third kappa shape index (κ3) is 2.14. The Labute approximate surface area is 101 Å². The molecule has 2 rings (SSSR count). The van der Waals surface area contributed by atoms with E-state index in [2.05, 4.69) is 38.4 Å². The van der Waals surface area contributed by atoms with Gasteiger partial charge in [-0.1, -0.05) is 21.9 Å². The SMILES string of the molecule is C#CCn1cc(CBr)c(-c2ccsc2)n1. The molecule has 2 heterocycles. The standard InChI is InChI=1S/C11H9BrN2S/c1-2-4-14-7-10(6-12)11(13-14)9-3-5-15-8-9/h1,3,5,7-8H,4,6H2. The van der Waals surface area contributed by atoms with Crippen LogP contribution < -0.4 is 0 Å². The Bertz CT molecular complexity index is 479. The summed E-state index contributed by atoms with van der Waals surface area (Å²) in [7, 11) is 0. The smallest absolute Gasteiger partial charge is 0.101 e. The molecule has 0 aliphatic carbocycles. The fourth-order valence-corrected chi connectivity index (χ4v) is 2.43. The average molecular weight is 281 g/mol. The molecule has 0 spiro atoms. The van der Waals surface area contributed by atoms with Gasteiger partial charge in [0, 0.05) is 28.0 Å². The van der Waals surface area contributed by atoms with Gasteiger partial charge >= 0.3 is 0 Å². The number of nitrogens with zero attached hydrogens (tertiary/aromatic N) is 2. The molecule has 76 valence electrons. The second-order valence-corrected chi connectivity index (χ2v) is 4.39. The van der Waals surface area contributed by atoms with Gasteiger partial charge in [0.2, 0.25) is 0 Å². The lowest BCUT2D eigenvalue weighted by Crippen LogP contribution is -1.95. The van der Waals surface area contributed by atoms with Gasteiger partial charge in [0.25, 0.3) is 0 Å². The first-order valence-corrected chi connectivity index (χ1v) is 6.50. The molecule has 0 unspecified atom stereocenters. The van der Waals surface area contributed by atoms with Crippen LogP contribution in [0.5, 0.6) is 0 Å². The minimum atomic E-state index is 0.518. The monoisotopic (exact) mass is 280 g/mol. The van der Waals surface area contributed by atoms with Gasteiger partial charge in [-0.3, -0.25) is 4.68 Å². The summed E-state index contributed by atoms with van der Waals surface area (Å²) in [6, 6.07) is 2.07. The van der Waals surface area contributed by atoms with Crippen LogP contribution in [0.4, 0.5) is 0 Å². The molecular formula is C11H9BrN2S. The lowest BCUT2D eigenvalue weighted by atomic mass is 10.2. The van der Waals surface area contributed by atoms with Crippen LogP contribution in [-0.2, 0) is 11.9 Å². The van der Waals surface area contributed by atoms with Crippen LogP contribution in [0.1, 0.15) is 5.56 Å².